The number of aliphatic hydroxyl groups excluding tert-OH is 1. The molecule has 1 heterocycles. The van der Waals surface area contributed by atoms with Gasteiger partial charge in [0.1, 0.15) is 23.4 Å². The summed E-state index contributed by atoms with van der Waals surface area (Å²) >= 11 is 4.88. The van der Waals surface area contributed by atoms with Gasteiger partial charge >= 0.3 is 0 Å². The molecule has 1 atom stereocenters. The van der Waals surface area contributed by atoms with Crippen LogP contribution in [0.3, 0.4) is 0 Å². The van der Waals surface area contributed by atoms with Crippen molar-refractivity contribution in [2.75, 3.05) is 26.2 Å². The zero-order chi connectivity index (χ0) is 13.7. The van der Waals surface area contributed by atoms with Crippen molar-refractivity contribution in [2.24, 2.45) is 5.73 Å². The summed E-state index contributed by atoms with van der Waals surface area (Å²) in [6, 6.07) is 7.28. The topological polar surface area (TPSA) is 58.7 Å². The number of β-amino-alcohol motifs (C(OH)–C–C–N with tert-alkyl or cyclic N) is 1. The highest BCUT2D eigenvalue weighted by Gasteiger charge is 2.16. The zero-order valence-corrected chi connectivity index (χ0v) is 11.7. The summed E-state index contributed by atoms with van der Waals surface area (Å²) in [5.41, 5.74) is 6.34. The fourth-order valence-electron chi connectivity index (χ4n) is 2.22. The van der Waals surface area contributed by atoms with E-state index in [4.69, 9.17) is 22.7 Å². The van der Waals surface area contributed by atoms with Gasteiger partial charge < -0.3 is 20.5 Å². The summed E-state index contributed by atoms with van der Waals surface area (Å²) in [7, 11) is 0. The van der Waals surface area contributed by atoms with Crippen molar-refractivity contribution in [3.8, 4) is 5.75 Å². The Labute approximate surface area is 119 Å². The molecule has 1 aromatic rings. The van der Waals surface area contributed by atoms with Crippen molar-refractivity contribution in [1.29, 1.82) is 0 Å². The van der Waals surface area contributed by atoms with Gasteiger partial charge in [-0.05, 0) is 50.2 Å². The van der Waals surface area contributed by atoms with Crippen LogP contribution in [0.5, 0.6) is 5.75 Å². The minimum absolute atomic E-state index is 0.308. The Morgan fingerprint density at radius 2 is 1.95 bits per heavy atom. The van der Waals surface area contributed by atoms with Gasteiger partial charge in [-0.2, -0.15) is 0 Å². The molecule has 0 saturated carbocycles. The van der Waals surface area contributed by atoms with E-state index in [0.717, 1.165) is 24.4 Å². The Morgan fingerprint density at radius 3 is 2.53 bits per heavy atom. The minimum Gasteiger partial charge on any atom is -0.491 e. The molecular weight excluding hydrogens is 260 g/mol. The van der Waals surface area contributed by atoms with Gasteiger partial charge in [-0.3, -0.25) is 0 Å². The molecule has 0 amide bonds. The van der Waals surface area contributed by atoms with E-state index >= 15 is 0 Å². The molecule has 1 saturated heterocycles. The highest BCUT2D eigenvalue weighted by Crippen LogP contribution is 2.13. The number of rotatable bonds is 6. The first-order chi connectivity index (χ1) is 9.15. The molecule has 1 aliphatic rings. The SMILES string of the molecule is NC(=S)c1ccc(OCC(O)CN2CCCC2)cc1. The first kappa shape index (κ1) is 14.2. The van der Waals surface area contributed by atoms with Crippen LogP contribution in [0.1, 0.15) is 18.4 Å². The molecule has 1 aliphatic heterocycles. The Kier molecular flexibility index (Phi) is 5.13. The molecule has 1 unspecified atom stereocenters. The van der Waals surface area contributed by atoms with Crippen LogP contribution in [0.25, 0.3) is 0 Å². The maximum atomic E-state index is 9.91. The van der Waals surface area contributed by atoms with Crippen LogP contribution in [0, 0.1) is 0 Å². The fraction of sp³-hybridized carbons (Fsp3) is 0.500. The second-order valence-corrected chi connectivity index (χ2v) is 5.30. The number of likely N-dealkylation sites (tertiary alicyclic amines) is 1. The Hall–Kier alpha value is -1.17. The zero-order valence-electron chi connectivity index (χ0n) is 10.9. The summed E-state index contributed by atoms with van der Waals surface area (Å²) < 4.78 is 5.55. The highest BCUT2D eigenvalue weighted by atomic mass is 32.1. The van der Waals surface area contributed by atoms with E-state index in [-0.39, 0.29) is 0 Å². The number of ether oxygens (including phenoxy) is 1. The third-order valence-electron chi connectivity index (χ3n) is 3.25. The van der Waals surface area contributed by atoms with Crippen LogP contribution in [0.2, 0.25) is 0 Å². The van der Waals surface area contributed by atoms with Gasteiger partial charge in [0.05, 0.1) is 0 Å². The summed E-state index contributed by atoms with van der Waals surface area (Å²) in [6.07, 6.45) is 2.01. The number of benzene rings is 1. The Morgan fingerprint density at radius 1 is 1.32 bits per heavy atom. The van der Waals surface area contributed by atoms with Crippen molar-refractivity contribution < 1.29 is 9.84 Å². The van der Waals surface area contributed by atoms with Gasteiger partial charge in [0.2, 0.25) is 0 Å². The number of thiocarbonyl (C=S) groups is 1. The fourth-order valence-corrected chi connectivity index (χ4v) is 2.36. The monoisotopic (exact) mass is 280 g/mol. The minimum atomic E-state index is -0.451. The summed E-state index contributed by atoms with van der Waals surface area (Å²) in [6.45, 7) is 3.16. The molecule has 1 aromatic carbocycles. The van der Waals surface area contributed by atoms with Gasteiger partial charge in [-0.1, -0.05) is 12.2 Å². The average molecular weight is 280 g/mol. The lowest BCUT2D eigenvalue weighted by atomic mass is 10.2. The largest absolute Gasteiger partial charge is 0.491 e. The van der Waals surface area contributed by atoms with E-state index < -0.39 is 6.10 Å². The van der Waals surface area contributed by atoms with E-state index in [1.807, 2.05) is 24.3 Å². The smallest absolute Gasteiger partial charge is 0.119 e. The molecule has 0 bridgehead atoms. The molecule has 0 spiro atoms. The number of hydrogen-bond donors (Lipinski definition) is 2. The number of aliphatic hydroxyl groups is 1. The van der Waals surface area contributed by atoms with Gasteiger partial charge in [0, 0.05) is 12.1 Å². The van der Waals surface area contributed by atoms with Crippen molar-refractivity contribution in [1.82, 2.24) is 4.90 Å². The van der Waals surface area contributed by atoms with Crippen LogP contribution in [0.15, 0.2) is 24.3 Å². The molecule has 0 radical (unpaired) electrons. The molecule has 1 fully saturated rings. The van der Waals surface area contributed by atoms with Gasteiger partial charge in [0.15, 0.2) is 0 Å². The van der Waals surface area contributed by atoms with E-state index in [1.54, 1.807) is 0 Å². The van der Waals surface area contributed by atoms with Crippen molar-refractivity contribution in [2.45, 2.75) is 18.9 Å². The van der Waals surface area contributed by atoms with E-state index in [1.165, 1.54) is 12.8 Å². The highest BCUT2D eigenvalue weighted by molar-refractivity contribution is 7.80. The van der Waals surface area contributed by atoms with E-state index in [9.17, 15) is 5.11 Å². The van der Waals surface area contributed by atoms with Crippen LogP contribution >= 0.6 is 12.2 Å². The van der Waals surface area contributed by atoms with Crippen molar-refractivity contribution in [3.05, 3.63) is 29.8 Å². The summed E-state index contributed by atoms with van der Waals surface area (Å²) in [5.74, 6) is 0.723. The van der Waals surface area contributed by atoms with E-state index in [0.29, 0.717) is 18.1 Å². The lowest BCUT2D eigenvalue weighted by molar-refractivity contribution is 0.0758. The summed E-state index contributed by atoms with van der Waals surface area (Å²) in [5, 5.41) is 9.91. The third kappa shape index (κ3) is 4.45. The van der Waals surface area contributed by atoms with Crippen LogP contribution in [-0.2, 0) is 0 Å². The van der Waals surface area contributed by atoms with Crippen LogP contribution < -0.4 is 10.5 Å². The van der Waals surface area contributed by atoms with Crippen molar-refractivity contribution in [3.63, 3.8) is 0 Å². The molecule has 19 heavy (non-hydrogen) atoms. The molecule has 5 heteroatoms. The Balaban J connectivity index is 1.76. The summed E-state index contributed by atoms with van der Waals surface area (Å²) in [4.78, 5) is 2.64. The second kappa shape index (κ2) is 6.84. The maximum absolute atomic E-state index is 9.91. The standard InChI is InChI=1S/C14H20N2O2S/c15-14(19)11-3-5-13(6-4-11)18-10-12(17)9-16-7-1-2-8-16/h3-6,12,17H,1-2,7-10H2,(H2,15,19). The lowest BCUT2D eigenvalue weighted by Gasteiger charge is -2.19. The predicted molar refractivity (Wildman–Crippen MR) is 79.5 cm³/mol. The third-order valence-corrected chi connectivity index (χ3v) is 3.48. The first-order valence-corrected chi connectivity index (χ1v) is 6.99. The Bertz CT molecular complexity index is 416. The molecule has 3 N–H and O–H groups in total. The first-order valence-electron chi connectivity index (χ1n) is 6.58. The molecule has 0 aromatic heterocycles. The van der Waals surface area contributed by atoms with Gasteiger partial charge in [-0.25, -0.2) is 0 Å². The average Bonchev–Trinajstić information content (AvgIpc) is 2.89. The molecule has 4 nitrogen and oxygen atoms in total. The van der Waals surface area contributed by atoms with E-state index in [2.05, 4.69) is 4.90 Å². The van der Waals surface area contributed by atoms with Crippen LogP contribution in [0.4, 0.5) is 0 Å². The molecule has 104 valence electrons. The number of nitrogens with zero attached hydrogens (tertiary/aromatic N) is 1. The predicted octanol–water partition coefficient (Wildman–Crippen LogP) is 1.16. The normalized spacial score (nSPS) is 17.3. The van der Waals surface area contributed by atoms with Crippen molar-refractivity contribution >= 4 is 17.2 Å². The van der Waals surface area contributed by atoms with Crippen LogP contribution in [-0.4, -0.2) is 47.3 Å². The molecule has 0 aliphatic carbocycles. The maximum Gasteiger partial charge on any atom is 0.119 e. The van der Waals surface area contributed by atoms with Gasteiger partial charge in [-0.15, -0.1) is 0 Å². The van der Waals surface area contributed by atoms with Gasteiger partial charge in [0.25, 0.3) is 0 Å². The molecular formula is C14H20N2O2S. The molecule has 2 rings (SSSR count). The quantitative estimate of drug-likeness (QED) is 0.766. The lowest BCUT2D eigenvalue weighted by Crippen LogP contribution is -2.33. The number of hydrogen-bond acceptors (Lipinski definition) is 4. The second-order valence-electron chi connectivity index (χ2n) is 4.86. The number of nitrogens with two attached hydrogens (primary N) is 1.